The Labute approximate surface area is 181 Å². The van der Waals surface area contributed by atoms with Gasteiger partial charge in [-0.2, -0.15) is 13.2 Å². The minimum atomic E-state index is -4.55. The van der Waals surface area contributed by atoms with Gasteiger partial charge in [-0.3, -0.25) is 4.72 Å². The van der Waals surface area contributed by atoms with Gasteiger partial charge in [-0.25, -0.2) is 13.4 Å². The average Bonchev–Trinajstić information content (AvgIpc) is 3.12. The van der Waals surface area contributed by atoms with Gasteiger partial charge in [0.1, 0.15) is 0 Å². The molecule has 5 nitrogen and oxygen atoms in total. The lowest BCUT2D eigenvalue weighted by Gasteiger charge is -2.09. The summed E-state index contributed by atoms with van der Waals surface area (Å²) in [7, 11) is -3.80. The molecule has 4 rings (SSSR count). The quantitative estimate of drug-likeness (QED) is 0.415. The minimum Gasteiger partial charge on any atom is -0.305 e. The van der Waals surface area contributed by atoms with Crippen molar-refractivity contribution < 1.29 is 21.6 Å². The average molecular weight is 466 g/mol. The zero-order valence-corrected chi connectivity index (χ0v) is 17.6. The second kappa shape index (κ2) is 7.58. The summed E-state index contributed by atoms with van der Waals surface area (Å²) in [6.07, 6.45) is -2.23. The van der Waals surface area contributed by atoms with Gasteiger partial charge in [0.15, 0.2) is 5.65 Å². The molecule has 31 heavy (non-hydrogen) atoms. The maximum Gasteiger partial charge on any atom is 0.417 e. The molecule has 0 saturated carbocycles. The molecule has 0 amide bonds. The van der Waals surface area contributed by atoms with Crippen molar-refractivity contribution in [1.29, 1.82) is 0 Å². The van der Waals surface area contributed by atoms with Gasteiger partial charge in [-0.15, -0.1) is 0 Å². The zero-order chi connectivity index (χ0) is 22.4. The van der Waals surface area contributed by atoms with Crippen molar-refractivity contribution in [3.63, 3.8) is 0 Å². The molecular formula is C21H15ClF3N3O2S. The van der Waals surface area contributed by atoms with Gasteiger partial charge in [-0.1, -0.05) is 41.4 Å². The molecule has 0 aliphatic heterocycles. The van der Waals surface area contributed by atoms with Crippen LogP contribution in [-0.2, 0) is 16.2 Å². The third-order valence-corrected chi connectivity index (χ3v) is 6.25. The fourth-order valence-corrected chi connectivity index (χ4v) is 4.33. The van der Waals surface area contributed by atoms with Crippen molar-refractivity contribution in [2.24, 2.45) is 0 Å². The Morgan fingerprint density at radius 3 is 2.42 bits per heavy atom. The predicted octanol–water partition coefficient (Wildman–Crippen LogP) is 5.78. The van der Waals surface area contributed by atoms with Crippen LogP contribution in [0.4, 0.5) is 18.9 Å². The molecule has 0 bridgehead atoms. The first-order valence-corrected chi connectivity index (χ1v) is 10.8. The van der Waals surface area contributed by atoms with Crippen molar-refractivity contribution in [1.82, 2.24) is 9.38 Å². The van der Waals surface area contributed by atoms with Gasteiger partial charge in [0.25, 0.3) is 10.0 Å². The molecule has 0 spiro atoms. The van der Waals surface area contributed by atoms with Crippen LogP contribution < -0.4 is 4.72 Å². The SMILES string of the molecule is Cc1ccc(S(=O)(=O)Nc2cccc(-c3cn4cc(C(F)(F)F)cc(Cl)c4n3)c2)cc1. The summed E-state index contributed by atoms with van der Waals surface area (Å²) < 4.78 is 68.1. The molecule has 4 aromatic rings. The van der Waals surface area contributed by atoms with Gasteiger partial charge in [0, 0.05) is 23.6 Å². The topological polar surface area (TPSA) is 63.5 Å². The van der Waals surface area contributed by atoms with Crippen LogP contribution in [0.2, 0.25) is 5.02 Å². The number of aryl methyl sites for hydroxylation is 1. The molecule has 0 aliphatic carbocycles. The Morgan fingerprint density at radius 2 is 1.74 bits per heavy atom. The minimum absolute atomic E-state index is 0.114. The summed E-state index contributed by atoms with van der Waals surface area (Å²) in [5.74, 6) is 0. The third-order valence-electron chi connectivity index (χ3n) is 4.58. The summed E-state index contributed by atoms with van der Waals surface area (Å²) in [5.41, 5.74) is 1.34. The summed E-state index contributed by atoms with van der Waals surface area (Å²) >= 11 is 5.99. The van der Waals surface area contributed by atoms with Crippen LogP contribution in [0.1, 0.15) is 11.1 Å². The van der Waals surface area contributed by atoms with Gasteiger partial charge in [0.2, 0.25) is 0 Å². The monoisotopic (exact) mass is 465 g/mol. The Bertz CT molecular complexity index is 1380. The number of nitrogens with zero attached hydrogens (tertiary/aromatic N) is 2. The lowest BCUT2D eigenvalue weighted by atomic mass is 10.1. The van der Waals surface area contributed by atoms with Crippen molar-refractivity contribution in [3.05, 3.63) is 83.1 Å². The van der Waals surface area contributed by atoms with E-state index in [4.69, 9.17) is 11.6 Å². The van der Waals surface area contributed by atoms with E-state index in [1.165, 1.54) is 22.7 Å². The number of halogens is 4. The highest BCUT2D eigenvalue weighted by Gasteiger charge is 2.32. The van der Waals surface area contributed by atoms with Crippen LogP contribution in [0.3, 0.4) is 0 Å². The number of sulfonamides is 1. The third kappa shape index (κ3) is 4.38. The van der Waals surface area contributed by atoms with E-state index in [0.717, 1.165) is 17.8 Å². The Kier molecular flexibility index (Phi) is 5.18. The van der Waals surface area contributed by atoms with Gasteiger partial charge in [-0.05, 0) is 37.3 Å². The first-order valence-electron chi connectivity index (χ1n) is 8.98. The highest BCUT2D eigenvalue weighted by molar-refractivity contribution is 7.92. The number of rotatable bonds is 4. The maximum atomic E-state index is 13.0. The highest BCUT2D eigenvalue weighted by atomic mass is 35.5. The van der Waals surface area contributed by atoms with Crippen molar-refractivity contribution in [3.8, 4) is 11.3 Å². The van der Waals surface area contributed by atoms with Crippen LogP contribution in [0.5, 0.6) is 0 Å². The highest BCUT2D eigenvalue weighted by Crippen LogP contribution is 2.33. The van der Waals surface area contributed by atoms with Crippen LogP contribution in [0.15, 0.2) is 71.9 Å². The van der Waals surface area contributed by atoms with E-state index >= 15 is 0 Å². The van der Waals surface area contributed by atoms with E-state index < -0.39 is 21.8 Å². The number of benzene rings is 2. The number of alkyl halides is 3. The summed E-state index contributed by atoms with van der Waals surface area (Å²) in [6, 6.07) is 13.6. The second-order valence-corrected chi connectivity index (χ2v) is 9.02. The molecule has 0 radical (unpaired) electrons. The molecule has 10 heteroatoms. The molecule has 2 heterocycles. The molecule has 0 aliphatic rings. The summed E-state index contributed by atoms with van der Waals surface area (Å²) in [4.78, 5) is 4.41. The van der Waals surface area contributed by atoms with Crippen molar-refractivity contribution >= 4 is 33.0 Å². The van der Waals surface area contributed by atoms with E-state index in [0.29, 0.717) is 11.3 Å². The van der Waals surface area contributed by atoms with Gasteiger partial charge >= 0.3 is 6.18 Å². The van der Waals surface area contributed by atoms with Crippen LogP contribution >= 0.6 is 11.6 Å². The van der Waals surface area contributed by atoms with E-state index in [2.05, 4.69) is 9.71 Å². The largest absolute Gasteiger partial charge is 0.417 e. The number of pyridine rings is 1. The van der Waals surface area contributed by atoms with E-state index in [-0.39, 0.29) is 21.3 Å². The van der Waals surface area contributed by atoms with Gasteiger partial charge in [0.05, 0.1) is 21.2 Å². The zero-order valence-electron chi connectivity index (χ0n) is 16.0. The molecule has 2 aromatic carbocycles. The van der Waals surface area contributed by atoms with E-state index in [1.54, 1.807) is 36.4 Å². The second-order valence-electron chi connectivity index (χ2n) is 6.93. The van der Waals surface area contributed by atoms with Crippen LogP contribution in [-0.4, -0.2) is 17.8 Å². The number of hydrogen-bond donors (Lipinski definition) is 1. The molecule has 160 valence electrons. The first kappa shape index (κ1) is 21.2. The fraction of sp³-hybridized carbons (Fsp3) is 0.0952. The lowest BCUT2D eigenvalue weighted by molar-refractivity contribution is -0.137. The number of anilines is 1. The molecule has 2 aromatic heterocycles. The normalized spacial score (nSPS) is 12.3. The fourth-order valence-electron chi connectivity index (χ4n) is 3.02. The Hall–Kier alpha value is -3.04. The molecular weight excluding hydrogens is 451 g/mol. The van der Waals surface area contributed by atoms with E-state index in [9.17, 15) is 21.6 Å². The number of hydrogen-bond acceptors (Lipinski definition) is 3. The number of imidazole rings is 1. The maximum absolute atomic E-state index is 13.0. The number of fused-ring (bicyclic) bond motifs is 1. The van der Waals surface area contributed by atoms with Crippen molar-refractivity contribution in [2.45, 2.75) is 18.0 Å². The molecule has 0 atom stereocenters. The molecule has 0 saturated heterocycles. The van der Waals surface area contributed by atoms with Crippen LogP contribution in [0, 0.1) is 6.92 Å². The number of nitrogens with one attached hydrogen (secondary N) is 1. The first-order chi connectivity index (χ1) is 14.5. The standard InChI is InChI=1S/C21H15ClF3N3O2S/c1-13-5-7-17(8-6-13)31(29,30)27-16-4-2-3-14(9-16)19-12-28-11-15(21(23,24)25)10-18(22)20(28)26-19/h2-12,27H,1H3. The summed E-state index contributed by atoms with van der Waals surface area (Å²) in [5, 5.41) is -0.141. The van der Waals surface area contributed by atoms with Gasteiger partial charge < -0.3 is 4.40 Å². The van der Waals surface area contributed by atoms with E-state index in [1.807, 2.05) is 6.92 Å². The molecule has 0 fully saturated rings. The Morgan fingerprint density at radius 1 is 1.03 bits per heavy atom. The molecule has 1 N–H and O–H groups in total. The summed E-state index contributed by atoms with van der Waals surface area (Å²) in [6.45, 7) is 1.85. The number of aromatic nitrogens is 2. The Balaban J connectivity index is 1.69. The predicted molar refractivity (Wildman–Crippen MR) is 113 cm³/mol. The van der Waals surface area contributed by atoms with Crippen molar-refractivity contribution in [2.75, 3.05) is 4.72 Å². The smallest absolute Gasteiger partial charge is 0.305 e. The molecule has 0 unspecified atom stereocenters. The van der Waals surface area contributed by atoms with Crippen LogP contribution in [0.25, 0.3) is 16.9 Å². The lowest BCUT2D eigenvalue weighted by Crippen LogP contribution is -2.12.